The third kappa shape index (κ3) is 1.34. The highest BCUT2D eigenvalue weighted by molar-refractivity contribution is 4.79. The summed E-state index contributed by atoms with van der Waals surface area (Å²) in [6, 6.07) is 0. The molecule has 0 fully saturated rings. The van der Waals surface area contributed by atoms with E-state index in [4.69, 9.17) is 0 Å². The molecule has 0 spiro atoms. The summed E-state index contributed by atoms with van der Waals surface area (Å²) >= 11 is 0. The van der Waals surface area contributed by atoms with Gasteiger partial charge < -0.3 is 0 Å². The van der Waals surface area contributed by atoms with Crippen LogP contribution >= 0.6 is 0 Å². The second kappa shape index (κ2) is 3.53. The maximum absolute atomic E-state index is 3.92. The van der Waals surface area contributed by atoms with Gasteiger partial charge in [-0.15, -0.1) is 15.3 Å². The zero-order valence-corrected chi connectivity index (χ0v) is 8.07. The summed E-state index contributed by atoms with van der Waals surface area (Å²) in [6.45, 7) is 0. The minimum absolute atomic E-state index is 0.382. The van der Waals surface area contributed by atoms with Crippen LogP contribution in [0.5, 0.6) is 0 Å². The van der Waals surface area contributed by atoms with Crippen LogP contribution in [0.1, 0.15) is 6.29 Å². The van der Waals surface area contributed by atoms with Crippen LogP contribution in [0.4, 0.5) is 0 Å². The summed E-state index contributed by atoms with van der Waals surface area (Å²) in [5.74, 6) is 0. The second-order valence-corrected chi connectivity index (χ2v) is 3.00. The molecule has 0 atom stereocenters. The van der Waals surface area contributed by atoms with Crippen molar-refractivity contribution in [3.63, 3.8) is 0 Å². The van der Waals surface area contributed by atoms with Crippen molar-refractivity contribution in [1.82, 2.24) is 45.0 Å². The lowest BCUT2D eigenvalue weighted by molar-refractivity contribution is 0.270. The predicted molar refractivity (Wildman–Crippen MR) is 49.9 cm³/mol. The standard InChI is InChI=1S/C7H7N9/c1-4-14(11-8-1)7(15-5-2-9-12-15)16-6-3-10-13-16/h1-7H. The molecule has 0 unspecified atom stereocenters. The molecule has 0 radical (unpaired) electrons. The van der Waals surface area contributed by atoms with E-state index in [1.165, 1.54) is 0 Å². The molecule has 9 heteroatoms. The molecule has 16 heavy (non-hydrogen) atoms. The highest BCUT2D eigenvalue weighted by Gasteiger charge is 2.16. The Morgan fingerprint density at radius 2 is 1.00 bits per heavy atom. The van der Waals surface area contributed by atoms with Gasteiger partial charge in [-0.25, -0.2) is 14.0 Å². The van der Waals surface area contributed by atoms with Crippen LogP contribution in [0.3, 0.4) is 0 Å². The average Bonchev–Trinajstić information content (AvgIpc) is 3.02. The van der Waals surface area contributed by atoms with E-state index in [-0.39, 0.29) is 6.29 Å². The first kappa shape index (κ1) is 8.71. The van der Waals surface area contributed by atoms with Crippen molar-refractivity contribution in [2.75, 3.05) is 0 Å². The molecule has 3 aromatic heterocycles. The summed E-state index contributed by atoms with van der Waals surface area (Å²) < 4.78 is 4.80. The van der Waals surface area contributed by atoms with Crippen molar-refractivity contribution in [2.45, 2.75) is 6.29 Å². The molecule has 0 aliphatic rings. The Kier molecular flexibility index (Phi) is 1.92. The lowest BCUT2D eigenvalue weighted by Crippen LogP contribution is -2.27. The van der Waals surface area contributed by atoms with Gasteiger partial charge in [-0.3, -0.25) is 0 Å². The summed E-state index contributed by atoms with van der Waals surface area (Å²) in [7, 11) is 0. The van der Waals surface area contributed by atoms with Crippen molar-refractivity contribution >= 4 is 0 Å². The minimum Gasteiger partial charge on any atom is -0.207 e. The van der Waals surface area contributed by atoms with Gasteiger partial charge in [0.15, 0.2) is 0 Å². The van der Waals surface area contributed by atoms with Gasteiger partial charge in [-0.1, -0.05) is 15.6 Å². The lowest BCUT2D eigenvalue weighted by atomic mass is 10.7. The average molecular weight is 217 g/mol. The van der Waals surface area contributed by atoms with Gasteiger partial charge >= 0.3 is 0 Å². The Morgan fingerprint density at radius 3 is 1.25 bits per heavy atom. The first-order valence-corrected chi connectivity index (χ1v) is 4.52. The fourth-order valence-corrected chi connectivity index (χ4v) is 1.39. The molecule has 0 bridgehead atoms. The summed E-state index contributed by atoms with van der Waals surface area (Å²) in [4.78, 5) is 0. The molecule has 3 aromatic rings. The van der Waals surface area contributed by atoms with Gasteiger partial charge in [0, 0.05) is 18.6 Å². The third-order valence-electron chi connectivity index (χ3n) is 2.03. The van der Waals surface area contributed by atoms with Crippen LogP contribution in [0.25, 0.3) is 0 Å². The summed E-state index contributed by atoms with van der Waals surface area (Å²) in [5, 5.41) is 23.0. The molecule has 9 nitrogen and oxygen atoms in total. The molecule has 3 heterocycles. The molecule has 80 valence electrons. The van der Waals surface area contributed by atoms with Crippen LogP contribution in [-0.4, -0.2) is 45.0 Å². The Labute approximate surface area is 89.3 Å². The lowest BCUT2D eigenvalue weighted by Gasteiger charge is -2.15. The molecule has 0 aliphatic carbocycles. The fourth-order valence-electron chi connectivity index (χ4n) is 1.39. The van der Waals surface area contributed by atoms with Gasteiger partial charge in [0.1, 0.15) is 0 Å². The van der Waals surface area contributed by atoms with E-state index in [1.54, 1.807) is 51.2 Å². The summed E-state index contributed by atoms with van der Waals surface area (Å²) in [5.41, 5.74) is 0. The highest BCUT2D eigenvalue weighted by Crippen LogP contribution is 2.07. The minimum atomic E-state index is -0.382. The Morgan fingerprint density at radius 1 is 0.625 bits per heavy atom. The van der Waals surface area contributed by atoms with E-state index in [9.17, 15) is 0 Å². The highest BCUT2D eigenvalue weighted by atomic mass is 15.6. The SMILES string of the molecule is c1cn(C(n2ccnn2)n2ccnn2)nn1. The smallest absolute Gasteiger partial charge is 0.207 e. The van der Waals surface area contributed by atoms with Gasteiger partial charge in [-0.2, -0.15) is 0 Å². The van der Waals surface area contributed by atoms with Crippen LogP contribution in [0, 0.1) is 0 Å². The maximum Gasteiger partial charge on any atom is 0.242 e. The van der Waals surface area contributed by atoms with Gasteiger partial charge in [-0.05, 0) is 0 Å². The van der Waals surface area contributed by atoms with Crippen molar-refractivity contribution in [3.05, 3.63) is 37.2 Å². The number of aromatic nitrogens is 9. The number of hydrogen-bond acceptors (Lipinski definition) is 6. The van der Waals surface area contributed by atoms with Gasteiger partial charge in [0.2, 0.25) is 6.29 Å². The largest absolute Gasteiger partial charge is 0.242 e. The van der Waals surface area contributed by atoms with Crippen LogP contribution in [0.15, 0.2) is 37.2 Å². The topological polar surface area (TPSA) is 92.1 Å². The number of hydrogen-bond donors (Lipinski definition) is 0. The zero-order valence-electron chi connectivity index (χ0n) is 8.07. The first-order valence-electron chi connectivity index (χ1n) is 4.52. The van der Waals surface area contributed by atoms with Crippen molar-refractivity contribution in [2.24, 2.45) is 0 Å². The monoisotopic (exact) mass is 217 g/mol. The first-order chi connectivity index (χ1) is 7.95. The Hall–Kier alpha value is -2.58. The molecule has 3 rings (SSSR count). The van der Waals surface area contributed by atoms with E-state index in [0.717, 1.165) is 0 Å². The molecule has 0 saturated carbocycles. The number of nitrogens with zero attached hydrogens (tertiary/aromatic N) is 9. The van der Waals surface area contributed by atoms with Crippen molar-refractivity contribution in [3.8, 4) is 0 Å². The van der Waals surface area contributed by atoms with E-state index in [2.05, 4.69) is 30.9 Å². The quantitative estimate of drug-likeness (QED) is 0.559. The van der Waals surface area contributed by atoms with Crippen LogP contribution in [-0.2, 0) is 0 Å². The molecule has 0 aliphatic heterocycles. The van der Waals surface area contributed by atoms with E-state index in [1.807, 2.05) is 0 Å². The molecule has 0 saturated heterocycles. The molecular formula is C7H7N9. The van der Waals surface area contributed by atoms with Crippen LogP contribution < -0.4 is 0 Å². The van der Waals surface area contributed by atoms with Crippen LogP contribution in [0.2, 0.25) is 0 Å². The van der Waals surface area contributed by atoms with Crippen molar-refractivity contribution < 1.29 is 0 Å². The second-order valence-electron chi connectivity index (χ2n) is 3.00. The van der Waals surface area contributed by atoms with Gasteiger partial charge in [0.25, 0.3) is 0 Å². The number of rotatable bonds is 3. The van der Waals surface area contributed by atoms with Crippen molar-refractivity contribution in [1.29, 1.82) is 0 Å². The zero-order chi connectivity index (χ0) is 10.8. The third-order valence-corrected chi connectivity index (χ3v) is 2.03. The van der Waals surface area contributed by atoms with E-state index in [0.29, 0.717) is 0 Å². The Balaban J connectivity index is 2.09. The van der Waals surface area contributed by atoms with E-state index < -0.39 is 0 Å². The van der Waals surface area contributed by atoms with Gasteiger partial charge in [0.05, 0.1) is 18.6 Å². The fraction of sp³-hybridized carbons (Fsp3) is 0.143. The summed E-state index contributed by atoms with van der Waals surface area (Å²) in [6.07, 6.45) is 9.52. The maximum atomic E-state index is 3.92. The molecule has 0 aromatic carbocycles. The molecule has 0 amide bonds. The Bertz CT molecular complexity index is 441. The van der Waals surface area contributed by atoms with E-state index >= 15 is 0 Å². The normalized spacial score (nSPS) is 11.1. The molecular weight excluding hydrogens is 210 g/mol. The predicted octanol–water partition coefficient (Wildman–Crippen LogP) is -0.986. The molecule has 0 N–H and O–H groups in total.